The normalized spacial score (nSPS) is 10.1. The number of aryl methyl sites for hydroxylation is 1. The van der Waals surface area contributed by atoms with Crippen molar-refractivity contribution in [2.45, 2.75) is 26.7 Å². The topological polar surface area (TPSA) is 48.7 Å². The molecule has 3 heteroatoms. The number of aromatic nitrogens is 1. The van der Waals surface area contributed by atoms with Gasteiger partial charge in [0.1, 0.15) is 11.9 Å². The van der Waals surface area contributed by atoms with E-state index in [1.54, 1.807) is 0 Å². The Labute approximate surface area is 120 Å². The van der Waals surface area contributed by atoms with Gasteiger partial charge in [-0.3, -0.25) is 0 Å². The predicted molar refractivity (Wildman–Crippen MR) is 82.5 cm³/mol. The highest BCUT2D eigenvalue weighted by molar-refractivity contribution is 5.67. The van der Waals surface area contributed by atoms with Crippen LogP contribution in [0.15, 0.2) is 36.4 Å². The van der Waals surface area contributed by atoms with Crippen molar-refractivity contribution in [1.29, 1.82) is 5.26 Å². The molecule has 0 saturated heterocycles. The first-order chi connectivity index (χ1) is 9.76. The van der Waals surface area contributed by atoms with E-state index in [2.05, 4.69) is 23.3 Å². The van der Waals surface area contributed by atoms with Crippen molar-refractivity contribution in [2.75, 3.05) is 11.9 Å². The van der Waals surface area contributed by atoms with Crippen molar-refractivity contribution < 1.29 is 0 Å². The Balaban J connectivity index is 2.39. The van der Waals surface area contributed by atoms with Gasteiger partial charge in [0.05, 0.1) is 11.3 Å². The molecule has 1 heterocycles. The van der Waals surface area contributed by atoms with E-state index in [1.807, 2.05) is 43.3 Å². The molecule has 1 aromatic heterocycles. The molecule has 1 N–H and O–H groups in total. The van der Waals surface area contributed by atoms with Gasteiger partial charge in [0.2, 0.25) is 0 Å². The molecular weight excluding hydrogens is 246 g/mol. The van der Waals surface area contributed by atoms with Crippen LogP contribution in [0.5, 0.6) is 0 Å². The average molecular weight is 265 g/mol. The van der Waals surface area contributed by atoms with Gasteiger partial charge in [-0.15, -0.1) is 0 Å². The molecule has 0 aliphatic carbocycles. The molecule has 0 fully saturated rings. The maximum atomic E-state index is 9.29. The van der Waals surface area contributed by atoms with E-state index >= 15 is 0 Å². The molecule has 3 nitrogen and oxygen atoms in total. The second-order valence-corrected chi connectivity index (χ2v) is 4.81. The Hall–Kier alpha value is -2.34. The van der Waals surface area contributed by atoms with Crippen molar-refractivity contribution >= 4 is 5.82 Å². The third-order valence-electron chi connectivity index (χ3n) is 3.22. The van der Waals surface area contributed by atoms with E-state index in [4.69, 9.17) is 0 Å². The fourth-order valence-corrected chi connectivity index (χ4v) is 2.08. The fourth-order valence-electron chi connectivity index (χ4n) is 2.08. The molecule has 0 atom stereocenters. The zero-order valence-electron chi connectivity index (χ0n) is 12.0. The monoisotopic (exact) mass is 265 g/mol. The summed E-state index contributed by atoms with van der Waals surface area (Å²) in [5.41, 5.74) is 3.57. The lowest BCUT2D eigenvalue weighted by Gasteiger charge is -2.11. The molecule has 1 aromatic carbocycles. The standard InChI is InChI=1S/C17H19N3/c1-3-4-10-19-17-15(12-18)13(2)11-16(20-17)14-8-6-5-7-9-14/h5-9,11H,3-4,10H2,1-2H3,(H,19,20). The van der Waals surface area contributed by atoms with E-state index in [-0.39, 0.29) is 0 Å². The molecule has 0 unspecified atom stereocenters. The van der Waals surface area contributed by atoms with Gasteiger partial charge >= 0.3 is 0 Å². The van der Waals surface area contributed by atoms with E-state index in [0.29, 0.717) is 11.4 Å². The highest BCUT2D eigenvalue weighted by Crippen LogP contribution is 2.24. The third-order valence-corrected chi connectivity index (χ3v) is 3.22. The van der Waals surface area contributed by atoms with Gasteiger partial charge in [0.25, 0.3) is 0 Å². The Kier molecular flexibility index (Phi) is 4.73. The van der Waals surface area contributed by atoms with Gasteiger partial charge in [-0.25, -0.2) is 4.98 Å². The summed E-state index contributed by atoms with van der Waals surface area (Å²) >= 11 is 0. The number of pyridine rings is 1. The lowest BCUT2D eigenvalue weighted by Crippen LogP contribution is -2.06. The minimum absolute atomic E-state index is 0.640. The van der Waals surface area contributed by atoms with Crippen molar-refractivity contribution in [2.24, 2.45) is 0 Å². The molecule has 102 valence electrons. The Morgan fingerprint density at radius 3 is 2.65 bits per heavy atom. The number of unbranched alkanes of at least 4 members (excludes halogenated alkanes) is 1. The fraction of sp³-hybridized carbons (Fsp3) is 0.294. The second kappa shape index (κ2) is 6.72. The lowest BCUT2D eigenvalue weighted by molar-refractivity contribution is 0.830. The van der Waals surface area contributed by atoms with Crippen LogP contribution in [0.25, 0.3) is 11.3 Å². The molecule has 2 aromatic rings. The van der Waals surface area contributed by atoms with E-state index in [0.717, 1.165) is 36.2 Å². The van der Waals surface area contributed by atoms with Crippen molar-refractivity contribution in [3.05, 3.63) is 47.5 Å². The number of nitrogens with zero attached hydrogens (tertiary/aromatic N) is 2. The molecule has 2 rings (SSSR count). The van der Waals surface area contributed by atoms with Gasteiger partial charge in [-0.05, 0) is 25.0 Å². The van der Waals surface area contributed by atoms with Crippen LogP contribution < -0.4 is 5.32 Å². The Morgan fingerprint density at radius 1 is 1.25 bits per heavy atom. The van der Waals surface area contributed by atoms with Crippen LogP contribution in [-0.2, 0) is 0 Å². The third kappa shape index (κ3) is 3.16. The highest BCUT2D eigenvalue weighted by atomic mass is 15.0. The summed E-state index contributed by atoms with van der Waals surface area (Å²) in [5.74, 6) is 0.694. The van der Waals surface area contributed by atoms with Crippen LogP contribution in [-0.4, -0.2) is 11.5 Å². The van der Waals surface area contributed by atoms with E-state index in [9.17, 15) is 5.26 Å². The zero-order valence-corrected chi connectivity index (χ0v) is 12.0. The number of benzene rings is 1. The number of nitriles is 1. The highest BCUT2D eigenvalue weighted by Gasteiger charge is 2.10. The lowest BCUT2D eigenvalue weighted by atomic mass is 10.1. The number of nitrogens with one attached hydrogen (secondary N) is 1. The van der Waals surface area contributed by atoms with Gasteiger partial charge < -0.3 is 5.32 Å². The summed E-state index contributed by atoms with van der Waals surface area (Å²) in [4.78, 5) is 4.61. The van der Waals surface area contributed by atoms with Gasteiger partial charge in [-0.2, -0.15) is 5.26 Å². The van der Waals surface area contributed by atoms with Crippen molar-refractivity contribution in [3.8, 4) is 17.3 Å². The largest absolute Gasteiger partial charge is 0.369 e. The minimum atomic E-state index is 0.640. The summed E-state index contributed by atoms with van der Waals surface area (Å²) in [6.07, 6.45) is 2.19. The van der Waals surface area contributed by atoms with Crippen LogP contribution >= 0.6 is 0 Å². The SMILES string of the molecule is CCCCNc1nc(-c2ccccc2)cc(C)c1C#N. The summed E-state index contributed by atoms with van der Waals surface area (Å²) in [6, 6.07) is 14.3. The van der Waals surface area contributed by atoms with E-state index < -0.39 is 0 Å². The van der Waals surface area contributed by atoms with E-state index in [1.165, 1.54) is 0 Å². The predicted octanol–water partition coefficient (Wildman–Crippen LogP) is 4.14. The Morgan fingerprint density at radius 2 is 2.00 bits per heavy atom. The summed E-state index contributed by atoms with van der Waals surface area (Å²) in [7, 11) is 0. The van der Waals surface area contributed by atoms with Crippen LogP contribution in [0.2, 0.25) is 0 Å². The zero-order chi connectivity index (χ0) is 14.4. The van der Waals surface area contributed by atoms with Crippen LogP contribution in [0.3, 0.4) is 0 Å². The minimum Gasteiger partial charge on any atom is -0.369 e. The first-order valence-corrected chi connectivity index (χ1v) is 6.97. The maximum Gasteiger partial charge on any atom is 0.144 e. The van der Waals surface area contributed by atoms with Gasteiger partial charge in [-0.1, -0.05) is 43.7 Å². The first kappa shape index (κ1) is 14.1. The number of hydrogen-bond acceptors (Lipinski definition) is 3. The molecule has 0 amide bonds. The van der Waals surface area contributed by atoms with Gasteiger partial charge in [0.15, 0.2) is 0 Å². The smallest absolute Gasteiger partial charge is 0.144 e. The van der Waals surface area contributed by atoms with Crippen LogP contribution in [0.4, 0.5) is 5.82 Å². The summed E-state index contributed by atoms with van der Waals surface area (Å²) < 4.78 is 0. The first-order valence-electron chi connectivity index (χ1n) is 6.97. The molecule has 0 spiro atoms. The Bertz CT molecular complexity index is 612. The molecule has 0 aliphatic heterocycles. The number of hydrogen-bond donors (Lipinski definition) is 1. The second-order valence-electron chi connectivity index (χ2n) is 4.81. The van der Waals surface area contributed by atoms with Crippen molar-refractivity contribution in [3.63, 3.8) is 0 Å². The number of rotatable bonds is 5. The maximum absolute atomic E-state index is 9.29. The molecule has 0 bridgehead atoms. The quantitative estimate of drug-likeness (QED) is 0.826. The molecule has 0 aliphatic rings. The summed E-state index contributed by atoms with van der Waals surface area (Å²) in [6.45, 7) is 4.94. The van der Waals surface area contributed by atoms with Crippen molar-refractivity contribution in [1.82, 2.24) is 4.98 Å². The molecular formula is C17H19N3. The average Bonchev–Trinajstić information content (AvgIpc) is 2.48. The van der Waals surface area contributed by atoms with Gasteiger partial charge in [0, 0.05) is 12.1 Å². The molecule has 20 heavy (non-hydrogen) atoms. The van der Waals surface area contributed by atoms with Crippen LogP contribution in [0, 0.1) is 18.3 Å². The molecule has 0 saturated carbocycles. The summed E-state index contributed by atoms with van der Waals surface area (Å²) in [5, 5.41) is 12.6. The molecule has 0 radical (unpaired) electrons. The number of anilines is 1. The van der Waals surface area contributed by atoms with Crippen LogP contribution in [0.1, 0.15) is 30.9 Å².